The fourth-order valence-corrected chi connectivity index (χ4v) is 2.97. The quantitative estimate of drug-likeness (QED) is 0.777. The number of hydrogen-bond acceptors (Lipinski definition) is 3. The van der Waals surface area contributed by atoms with Crippen LogP contribution in [-0.2, 0) is 15.8 Å². The molecule has 0 amide bonds. The zero-order chi connectivity index (χ0) is 18.3. The summed E-state index contributed by atoms with van der Waals surface area (Å²) in [5, 5.41) is 0.526. The van der Waals surface area contributed by atoms with Crippen LogP contribution in [0.1, 0.15) is 5.56 Å². The van der Waals surface area contributed by atoms with Gasteiger partial charge in [0.1, 0.15) is 12.4 Å². The topological polar surface area (TPSA) is 55.4 Å². The average Bonchev–Trinajstić information content (AvgIpc) is 2.54. The van der Waals surface area contributed by atoms with Gasteiger partial charge >= 0.3 is 0 Å². The van der Waals surface area contributed by atoms with Gasteiger partial charge in [0.25, 0.3) is 0 Å². The fourth-order valence-electron chi connectivity index (χ4n) is 1.82. The highest BCUT2D eigenvalue weighted by molar-refractivity contribution is 7.88. The summed E-state index contributed by atoms with van der Waals surface area (Å²) < 4.78 is 57.2. The normalized spacial score (nSPS) is 10.8. The Morgan fingerprint density at radius 3 is 2.48 bits per heavy atom. The molecule has 2 aromatic carbocycles. The van der Waals surface area contributed by atoms with E-state index in [-0.39, 0.29) is 24.7 Å². The van der Waals surface area contributed by atoms with E-state index in [0.717, 1.165) is 12.1 Å². The highest BCUT2D eigenvalue weighted by Gasteiger charge is 2.10. The van der Waals surface area contributed by atoms with E-state index in [9.17, 15) is 17.2 Å². The lowest BCUT2D eigenvalue weighted by Gasteiger charge is -2.04. The van der Waals surface area contributed by atoms with Crippen LogP contribution < -0.4 is 9.46 Å². The standard InChI is InChI=1S/C17H14ClF2NO3S/c18-14-5-3-13(4-6-14)12-25(22,23)21-9-1-2-10-24-17-8-7-15(19)11-16(17)20/h3-8,11,21H,9-10,12H2. The van der Waals surface area contributed by atoms with Crippen LogP contribution in [-0.4, -0.2) is 21.6 Å². The summed E-state index contributed by atoms with van der Waals surface area (Å²) in [6, 6.07) is 9.39. The number of nitrogens with one attached hydrogen (secondary N) is 1. The van der Waals surface area contributed by atoms with Crippen LogP contribution in [0.4, 0.5) is 8.78 Å². The molecule has 0 saturated heterocycles. The van der Waals surface area contributed by atoms with Gasteiger partial charge in [0.05, 0.1) is 12.3 Å². The van der Waals surface area contributed by atoms with E-state index >= 15 is 0 Å². The lowest BCUT2D eigenvalue weighted by molar-refractivity contribution is 0.346. The van der Waals surface area contributed by atoms with Crippen molar-refractivity contribution in [2.24, 2.45) is 0 Å². The molecule has 8 heteroatoms. The maximum Gasteiger partial charge on any atom is 0.216 e. The summed E-state index contributed by atoms with van der Waals surface area (Å²) in [7, 11) is -3.54. The zero-order valence-corrected chi connectivity index (χ0v) is 14.5. The molecule has 25 heavy (non-hydrogen) atoms. The smallest absolute Gasteiger partial charge is 0.216 e. The largest absolute Gasteiger partial charge is 0.478 e. The second-order valence-corrected chi connectivity index (χ2v) is 7.17. The molecule has 0 aliphatic carbocycles. The molecule has 0 aliphatic heterocycles. The van der Waals surface area contributed by atoms with Crippen molar-refractivity contribution in [3.05, 3.63) is 64.7 Å². The van der Waals surface area contributed by atoms with Crippen LogP contribution in [0, 0.1) is 23.5 Å². The Hall–Kier alpha value is -2.14. The van der Waals surface area contributed by atoms with Gasteiger partial charge in [0, 0.05) is 11.1 Å². The third-order valence-corrected chi connectivity index (χ3v) is 4.52. The van der Waals surface area contributed by atoms with Gasteiger partial charge < -0.3 is 4.74 Å². The first-order valence-electron chi connectivity index (χ1n) is 7.11. The second-order valence-electron chi connectivity index (χ2n) is 4.92. The van der Waals surface area contributed by atoms with Crippen LogP contribution in [0.2, 0.25) is 5.02 Å². The van der Waals surface area contributed by atoms with E-state index < -0.39 is 21.7 Å². The van der Waals surface area contributed by atoms with Gasteiger partial charge in [-0.3, -0.25) is 0 Å². The Morgan fingerprint density at radius 2 is 1.80 bits per heavy atom. The average molecular weight is 386 g/mol. The van der Waals surface area contributed by atoms with E-state index in [0.29, 0.717) is 16.7 Å². The Bertz CT molecular complexity index is 890. The predicted molar refractivity (Wildman–Crippen MR) is 91.7 cm³/mol. The van der Waals surface area contributed by atoms with E-state index in [1.54, 1.807) is 24.3 Å². The highest BCUT2D eigenvalue weighted by atomic mass is 35.5. The molecule has 1 N–H and O–H groups in total. The van der Waals surface area contributed by atoms with Crippen molar-refractivity contribution in [3.8, 4) is 17.6 Å². The number of benzene rings is 2. The zero-order valence-electron chi connectivity index (χ0n) is 12.9. The van der Waals surface area contributed by atoms with Crippen molar-refractivity contribution in [3.63, 3.8) is 0 Å². The summed E-state index contributed by atoms with van der Waals surface area (Å²) in [5.41, 5.74) is 0.597. The van der Waals surface area contributed by atoms with Gasteiger partial charge in [-0.25, -0.2) is 21.9 Å². The maximum absolute atomic E-state index is 13.3. The summed E-state index contributed by atoms with van der Waals surface area (Å²) in [6.45, 7) is -0.257. The molecule has 0 aliphatic rings. The van der Waals surface area contributed by atoms with Gasteiger partial charge in [-0.1, -0.05) is 35.6 Å². The number of rotatable bonds is 6. The molecular formula is C17H14ClF2NO3S. The van der Waals surface area contributed by atoms with Crippen molar-refractivity contribution in [1.82, 2.24) is 4.72 Å². The Balaban J connectivity index is 1.78. The summed E-state index contributed by atoms with van der Waals surface area (Å²) in [5.74, 6) is 3.25. The first kappa shape index (κ1) is 19.2. The molecule has 0 unspecified atom stereocenters. The molecule has 0 bridgehead atoms. The first-order valence-corrected chi connectivity index (χ1v) is 9.14. The van der Waals surface area contributed by atoms with E-state index in [1.807, 2.05) is 0 Å². The summed E-state index contributed by atoms with van der Waals surface area (Å²) >= 11 is 5.74. The van der Waals surface area contributed by atoms with Crippen molar-refractivity contribution in [2.45, 2.75) is 5.75 Å². The maximum atomic E-state index is 13.3. The minimum absolute atomic E-state index is 0.106. The molecular weight excluding hydrogens is 372 g/mol. The molecule has 132 valence electrons. The van der Waals surface area contributed by atoms with Gasteiger partial charge in [0.2, 0.25) is 10.0 Å². The molecule has 0 spiro atoms. The highest BCUT2D eigenvalue weighted by Crippen LogP contribution is 2.17. The Kier molecular flexibility index (Phi) is 6.76. The van der Waals surface area contributed by atoms with Crippen LogP contribution in [0.3, 0.4) is 0 Å². The van der Waals surface area contributed by atoms with Gasteiger partial charge in [-0.05, 0) is 29.8 Å². The van der Waals surface area contributed by atoms with Crippen molar-refractivity contribution in [1.29, 1.82) is 0 Å². The molecule has 2 rings (SSSR count). The second kappa shape index (κ2) is 8.81. The van der Waals surface area contributed by atoms with E-state index in [4.69, 9.17) is 16.3 Å². The minimum Gasteiger partial charge on any atom is -0.478 e. The predicted octanol–water partition coefficient (Wildman–Crippen LogP) is 3.12. The monoisotopic (exact) mass is 385 g/mol. The molecule has 0 saturated carbocycles. The van der Waals surface area contributed by atoms with Crippen LogP contribution >= 0.6 is 11.6 Å². The molecule has 0 aromatic heterocycles. The van der Waals surface area contributed by atoms with Gasteiger partial charge in [-0.2, -0.15) is 0 Å². The molecule has 4 nitrogen and oxygen atoms in total. The molecule has 0 fully saturated rings. The third-order valence-electron chi connectivity index (χ3n) is 2.97. The number of halogens is 3. The van der Waals surface area contributed by atoms with Gasteiger partial charge in [-0.15, -0.1) is 0 Å². The number of sulfonamides is 1. The van der Waals surface area contributed by atoms with E-state index in [1.165, 1.54) is 0 Å². The van der Waals surface area contributed by atoms with Crippen molar-refractivity contribution >= 4 is 21.6 Å². The number of ether oxygens (including phenoxy) is 1. The molecule has 0 heterocycles. The Labute approximate surface area is 149 Å². The van der Waals surface area contributed by atoms with E-state index in [2.05, 4.69) is 16.6 Å². The first-order chi connectivity index (χ1) is 11.9. The van der Waals surface area contributed by atoms with Crippen molar-refractivity contribution in [2.75, 3.05) is 13.2 Å². The fraction of sp³-hybridized carbons (Fsp3) is 0.176. The molecule has 2 aromatic rings. The molecule has 0 atom stereocenters. The molecule has 0 radical (unpaired) electrons. The van der Waals surface area contributed by atoms with Crippen LogP contribution in [0.15, 0.2) is 42.5 Å². The summed E-state index contributed by atoms with van der Waals surface area (Å²) in [4.78, 5) is 0. The Morgan fingerprint density at radius 1 is 1.08 bits per heavy atom. The minimum atomic E-state index is -3.54. The van der Waals surface area contributed by atoms with Crippen molar-refractivity contribution < 1.29 is 21.9 Å². The lowest BCUT2D eigenvalue weighted by atomic mass is 10.2. The lowest BCUT2D eigenvalue weighted by Crippen LogP contribution is -2.25. The van der Waals surface area contributed by atoms with Gasteiger partial charge in [0.15, 0.2) is 11.6 Å². The van der Waals surface area contributed by atoms with Crippen LogP contribution in [0.5, 0.6) is 5.75 Å². The van der Waals surface area contributed by atoms with Crippen LogP contribution in [0.25, 0.3) is 0 Å². The SMILES string of the molecule is O=S(=O)(Cc1ccc(Cl)cc1)NCC#CCOc1ccc(F)cc1F. The third kappa shape index (κ3) is 6.70. The summed E-state index contributed by atoms with van der Waals surface area (Å²) in [6.07, 6.45) is 0. The number of hydrogen-bond donors (Lipinski definition) is 1.